The van der Waals surface area contributed by atoms with E-state index < -0.39 is 12.1 Å². The second-order valence-electron chi connectivity index (χ2n) is 11.2. The second kappa shape index (κ2) is 14.3. The third-order valence-corrected chi connectivity index (χ3v) is 8.71. The summed E-state index contributed by atoms with van der Waals surface area (Å²) in [7, 11) is 7.75. The number of aromatic nitrogens is 1. The van der Waals surface area contributed by atoms with E-state index in [1.165, 1.54) is 13.2 Å². The van der Waals surface area contributed by atoms with E-state index in [0.717, 1.165) is 55.7 Å². The Balaban J connectivity index is 1.43. The number of carbonyl (C=O) groups excluding carboxylic acids is 1. The number of pyridine rings is 1. The van der Waals surface area contributed by atoms with Gasteiger partial charge in [0.05, 0.1) is 19.4 Å². The maximum Gasteiger partial charge on any atom is 0.330 e. The Morgan fingerprint density at radius 1 is 1.40 bits per heavy atom. The first-order chi connectivity index (χ1) is 19.2. The summed E-state index contributed by atoms with van der Waals surface area (Å²) in [4.78, 5) is 21.1. The van der Waals surface area contributed by atoms with Gasteiger partial charge >= 0.3 is 5.97 Å². The molecule has 0 saturated heterocycles. The van der Waals surface area contributed by atoms with Crippen molar-refractivity contribution in [2.75, 3.05) is 33.4 Å². The molecule has 0 spiro atoms. The van der Waals surface area contributed by atoms with Crippen LogP contribution in [0.15, 0.2) is 29.5 Å². The van der Waals surface area contributed by atoms with Gasteiger partial charge in [-0.1, -0.05) is 31.9 Å². The van der Waals surface area contributed by atoms with Crippen LogP contribution in [0.1, 0.15) is 57.2 Å². The minimum absolute atomic E-state index is 0.0558. The zero-order valence-electron chi connectivity index (χ0n) is 23.7. The van der Waals surface area contributed by atoms with E-state index in [1.807, 2.05) is 6.07 Å². The summed E-state index contributed by atoms with van der Waals surface area (Å²) in [6, 6.07) is 1.93. The largest absolute Gasteiger partial charge is 0.476 e. The van der Waals surface area contributed by atoms with Crippen LogP contribution in [-0.4, -0.2) is 79.7 Å². The predicted octanol–water partition coefficient (Wildman–Crippen LogP) is 4.95. The van der Waals surface area contributed by atoms with Gasteiger partial charge in [-0.05, 0) is 61.3 Å². The number of carbonyl (C=O) groups is 1. The lowest BCUT2D eigenvalue weighted by Gasteiger charge is -2.36. The fraction of sp³-hybridized carbons (Fsp3) is 0.655. The Bertz CT molecular complexity index is 1110. The summed E-state index contributed by atoms with van der Waals surface area (Å²) >= 11 is 12.6. The highest BCUT2D eigenvalue weighted by molar-refractivity contribution is 6.31. The molecular formula is C29H40BCl2FN4O3. The zero-order chi connectivity index (χ0) is 28.8. The minimum Gasteiger partial charge on any atom is -0.476 e. The third-order valence-electron chi connectivity index (χ3n) is 8.04. The lowest BCUT2D eigenvalue weighted by molar-refractivity contribution is -0.134. The highest BCUT2D eigenvalue weighted by atomic mass is 35.5. The number of ether oxygens (including phenoxy) is 2. The van der Waals surface area contributed by atoms with Crippen molar-refractivity contribution >= 4 is 37.0 Å². The number of methoxy groups -OCH3 is 1. The molecule has 1 aromatic heterocycles. The first-order valence-corrected chi connectivity index (χ1v) is 15.1. The van der Waals surface area contributed by atoms with Crippen molar-refractivity contribution in [3.63, 3.8) is 0 Å². The van der Waals surface area contributed by atoms with Crippen LogP contribution < -0.4 is 10.1 Å². The van der Waals surface area contributed by atoms with E-state index in [-0.39, 0.29) is 24.1 Å². The normalized spacial score (nSPS) is 26.1. The number of allylic oxidation sites excluding steroid dienone is 1. The molecule has 4 unspecified atom stereocenters. The van der Waals surface area contributed by atoms with Crippen LogP contribution in [0.3, 0.4) is 0 Å². The van der Waals surface area contributed by atoms with Gasteiger partial charge in [-0.15, -0.1) is 11.6 Å². The summed E-state index contributed by atoms with van der Waals surface area (Å²) in [5, 5.41) is 3.78. The van der Waals surface area contributed by atoms with Gasteiger partial charge in [0.2, 0.25) is 5.88 Å². The van der Waals surface area contributed by atoms with Gasteiger partial charge in [-0.25, -0.2) is 14.2 Å². The Hall–Kier alpha value is -1.97. The number of alkyl halides is 2. The van der Waals surface area contributed by atoms with Gasteiger partial charge in [0.15, 0.2) is 0 Å². The molecule has 1 fully saturated rings. The molecule has 3 aliphatic rings. The SMILES string of the molecule is [B]C1=C(/C=C/C(=O)OC)N(C[C@@H](C)CCC)C(CN2CCc3cc(Cl)c(OCC4CCC(Cl)CC4F)nc3C2)N1. The lowest BCUT2D eigenvalue weighted by Crippen LogP contribution is -2.49. The molecule has 11 heteroatoms. The quantitative estimate of drug-likeness (QED) is 0.169. The van der Waals surface area contributed by atoms with E-state index in [4.69, 9.17) is 45.5 Å². The molecule has 0 aromatic carbocycles. The van der Waals surface area contributed by atoms with Crippen LogP contribution in [0.5, 0.6) is 5.88 Å². The van der Waals surface area contributed by atoms with Gasteiger partial charge in [0, 0.05) is 49.2 Å². The topological polar surface area (TPSA) is 66.9 Å². The minimum atomic E-state index is -0.974. The molecule has 0 amide bonds. The van der Waals surface area contributed by atoms with Crippen molar-refractivity contribution in [3.8, 4) is 5.88 Å². The highest BCUT2D eigenvalue weighted by Gasteiger charge is 2.33. The first-order valence-electron chi connectivity index (χ1n) is 14.3. The maximum atomic E-state index is 14.5. The average molecular weight is 593 g/mol. The Labute approximate surface area is 248 Å². The van der Waals surface area contributed by atoms with Crippen LogP contribution in [0.4, 0.5) is 4.39 Å². The Morgan fingerprint density at radius 2 is 2.20 bits per heavy atom. The number of hydrogen-bond donors (Lipinski definition) is 1. The zero-order valence-corrected chi connectivity index (χ0v) is 25.2. The van der Waals surface area contributed by atoms with Crippen molar-refractivity contribution in [2.45, 2.75) is 76.6 Å². The lowest BCUT2D eigenvalue weighted by atomic mass is 9.88. The van der Waals surface area contributed by atoms with Crippen molar-refractivity contribution in [1.29, 1.82) is 0 Å². The molecule has 218 valence electrons. The van der Waals surface area contributed by atoms with Crippen LogP contribution >= 0.6 is 23.2 Å². The van der Waals surface area contributed by atoms with Gasteiger partial charge in [0.25, 0.3) is 0 Å². The van der Waals surface area contributed by atoms with Crippen molar-refractivity contribution in [3.05, 3.63) is 45.8 Å². The number of halogens is 3. The molecule has 1 saturated carbocycles. The summed E-state index contributed by atoms with van der Waals surface area (Å²) in [6.45, 7) is 7.65. The maximum absolute atomic E-state index is 14.5. The molecule has 4 rings (SSSR count). The molecule has 1 N–H and O–H groups in total. The van der Waals surface area contributed by atoms with Crippen LogP contribution in [0.25, 0.3) is 0 Å². The molecular weight excluding hydrogens is 553 g/mol. The number of nitrogens with zero attached hydrogens (tertiary/aromatic N) is 3. The first kappa shape index (κ1) is 31.0. The molecule has 7 nitrogen and oxygen atoms in total. The van der Waals surface area contributed by atoms with E-state index in [9.17, 15) is 9.18 Å². The van der Waals surface area contributed by atoms with Gasteiger partial charge in [0.1, 0.15) is 25.2 Å². The Kier molecular flexibility index (Phi) is 11.1. The summed E-state index contributed by atoms with van der Waals surface area (Å²) in [5.74, 6) is 0.193. The van der Waals surface area contributed by atoms with Crippen LogP contribution in [-0.2, 0) is 22.5 Å². The molecule has 0 bridgehead atoms. The molecule has 1 aliphatic carbocycles. The summed E-state index contributed by atoms with van der Waals surface area (Å²) in [5.41, 5.74) is 3.36. The molecule has 3 heterocycles. The van der Waals surface area contributed by atoms with Gasteiger partial charge in [-0.3, -0.25) is 4.90 Å². The second-order valence-corrected chi connectivity index (χ2v) is 12.2. The van der Waals surface area contributed by atoms with Crippen LogP contribution in [0.2, 0.25) is 5.02 Å². The smallest absolute Gasteiger partial charge is 0.330 e. The molecule has 2 radical (unpaired) electrons. The predicted molar refractivity (Wildman–Crippen MR) is 157 cm³/mol. The number of hydrogen-bond acceptors (Lipinski definition) is 7. The van der Waals surface area contributed by atoms with E-state index in [0.29, 0.717) is 48.3 Å². The van der Waals surface area contributed by atoms with Gasteiger partial charge in [-0.2, -0.15) is 0 Å². The number of esters is 1. The fourth-order valence-corrected chi connectivity index (χ4v) is 6.34. The van der Waals surface area contributed by atoms with Gasteiger partial charge < -0.3 is 19.7 Å². The van der Waals surface area contributed by atoms with Crippen molar-refractivity contribution in [2.24, 2.45) is 11.8 Å². The summed E-state index contributed by atoms with van der Waals surface area (Å²) in [6.07, 6.45) is 6.96. The highest BCUT2D eigenvalue weighted by Crippen LogP contribution is 2.33. The standard InChI is InChI=1S/C29H40BCl2FN4O3/c1-4-5-18(2)14-37-25(8-9-27(38)39-3)28(30)35-26(37)16-36-11-10-19-12-22(32)29(34-24(19)15-36)40-17-20-6-7-21(31)13-23(20)33/h8-9,12,18,20-21,23,26,35H,4-7,10-11,13-17H2,1-3H3/b9-8+/t18-,20?,21?,23?,26?/m0/s1. The molecule has 5 atom stereocenters. The monoisotopic (exact) mass is 592 g/mol. The molecule has 2 aliphatic heterocycles. The molecule has 40 heavy (non-hydrogen) atoms. The average Bonchev–Trinajstić information content (AvgIpc) is 3.20. The van der Waals surface area contributed by atoms with Crippen molar-refractivity contribution < 1.29 is 18.7 Å². The third kappa shape index (κ3) is 7.86. The fourth-order valence-electron chi connectivity index (χ4n) is 5.82. The van der Waals surface area contributed by atoms with Crippen molar-refractivity contribution in [1.82, 2.24) is 20.1 Å². The Morgan fingerprint density at radius 3 is 2.92 bits per heavy atom. The number of fused-ring (bicyclic) bond motifs is 1. The van der Waals surface area contributed by atoms with Crippen LogP contribution in [0, 0.1) is 11.8 Å². The number of rotatable bonds is 11. The number of nitrogens with one attached hydrogen (secondary N) is 1. The van der Waals surface area contributed by atoms with E-state index >= 15 is 0 Å². The molecule has 1 aromatic rings. The van der Waals surface area contributed by atoms with E-state index in [2.05, 4.69) is 29.0 Å². The van der Waals surface area contributed by atoms with E-state index in [1.54, 1.807) is 6.08 Å². The summed E-state index contributed by atoms with van der Waals surface area (Å²) < 4.78 is 25.2.